The van der Waals surface area contributed by atoms with Gasteiger partial charge in [0.25, 0.3) is 0 Å². The highest BCUT2D eigenvalue weighted by Crippen LogP contribution is 1.96. The Morgan fingerprint density at radius 1 is 1.50 bits per heavy atom. The standard InChI is InChI=1S/C6H11ClO3/c1-2-3-4-5-9-6(8)10-7/h2-5H2,1H3. The van der Waals surface area contributed by atoms with E-state index in [0.717, 1.165) is 19.3 Å². The van der Waals surface area contributed by atoms with Crippen molar-refractivity contribution in [2.45, 2.75) is 26.2 Å². The van der Waals surface area contributed by atoms with Crippen LogP contribution in [0.15, 0.2) is 0 Å². The summed E-state index contributed by atoms with van der Waals surface area (Å²) in [5, 5.41) is 0. The van der Waals surface area contributed by atoms with E-state index in [1.54, 1.807) is 0 Å². The molecule has 60 valence electrons. The maximum Gasteiger partial charge on any atom is 0.526 e. The van der Waals surface area contributed by atoms with E-state index in [9.17, 15) is 4.79 Å². The lowest BCUT2D eigenvalue weighted by molar-refractivity contribution is 0.101. The number of carbonyl (C=O) groups is 1. The van der Waals surface area contributed by atoms with Gasteiger partial charge >= 0.3 is 6.16 Å². The van der Waals surface area contributed by atoms with Crippen molar-refractivity contribution in [3.8, 4) is 0 Å². The van der Waals surface area contributed by atoms with Crippen molar-refractivity contribution in [2.24, 2.45) is 0 Å². The second-order valence-corrected chi connectivity index (χ2v) is 2.04. The van der Waals surface area contributed by atoms with Crippen LogP contribution in [0.25, 0.3) is 0 Å². The van der Waals surface area contributed by atoms with Gasteiger partial charge in [-0.15, -0.1) is 0 Å². The molecule has 3 nitrogen and oxygen atoms in total. The Kier molecular flexibility index (Phi) is 6.38. The molecule has 0 heterocycles. The Balaban J connectivity index is 2.96. The lowest BCUT2D eigenvalue weighted by Crippen LogP contribution is -2.02. The average molecular weight is 167 g/mol. The highest BCUT2D eigenvalue weighted by Gasteiger charge is 1.99. The minimum atomic E-state index is -0.822. The summed E-state index contributed by atoms with van der Waals surface area (Å²) >= 11 is 4.69. The molecule has 4 heteroatoms. The summed E-state index contributed by atoms with van der Waals surface area (Å²) in [6.07, 6.45) is 2.19. The molecular formula is C6H11ClO3. The fourth-order valence-corrected chi connectivity index (χ4v) is 0.574. The Bertz CT molecular complexity index is 95.0. The van der Waals surface area contributed by atoms with Gasteiger partial charge in [0.1, 0.15) is 11.9 Å². The molecule has 0 unspecified atom stereocenters. The van der Waals surface area contributed by atoms with Crippen molar-refractivity contribution in [1.82, 2.24) is 0 Å². The first-order valence-corrected chi connectivity index (χ1v) is 3.57. The lowest BCUT2D eigenvalue weighted by Gasteiger charge is -1.98. The fourth-order valence-electron chi connectivity index (χ4n) is 0.530. The first-order valence-electron chi connectivity index (χ1n) is 3.26. The molecule has 0 radical (unpaired) electrons. The van der Waals surface area contributed by atoms with E-state index in [1.165, 1.54) is 0 Å². The SMILES string of the molecule is CCCCCOC(=O)OCl. The first-order chi connectivity index (χ1) is 4.81. The molecule has 0 spiro atoms. The van der Waals surface area contributed by atoms with Gasteiger partial charge in [-0.3, -0.25) is 0 Å². The Labute approximate surface area is 65.4 Å². The van der Waals surface area contributed by atoms with Crippen molar-refractivity contribution in [2.75, 3.05) is 6.61 Å². The molecule has 0 atom stereocenters. The molecule has 0 bridgehead atoms. The average Bonchev–Trinajstić information content (AvgIpc) is 1.98. The van der Waals surface area contributed by atoms with Crippen LogP contribution in [-0.4, -0.2) is 12.8 Å². The second kappa shape index (κ2) is 6.68. The fraction of sp³-hybridized carbons (Fsp3) is 0.833. The zero-order valence-corrected chi connectivity index (χ0v) is 6.69. The number of carbonyl (C=O) groups excluding carboxylic acids is 1. The van der Waals surface area contributed by atoms with Gasteiger partial charge in [-0.1, -0.05) is 19.8 Å². The summed E-state index contributed by atoms with van der Waals surface area (Å²) < 4.78 is 8.24. The van der Waals surface area contributed by atoms with Crippen LogP contribution in [0.3, 0.4) is 0 Å². The Morgan fingerprint density at radius 2 is 2.20 bits per heavy atom. The van der Waals surface area contributed by atoms with Crippen molar-refractivity contribution in [1.29, 1.82) is 0 Å². The first kappa shape index (κ1) is 9.56. The van der Waals surface area contributed by atoms with E-state index in [4.69, 9.17) is 11.9 Å². The van der Waals surface area contributed by atoms with E-state index >= 15 is 0 Å². The number of ether oxygens (including phenoxy) is 1. The zero-order valence-electron chi connectivity index (χ0n) is 5.93. The molecule has 0 amide bonds. The normalized spacial score (nSPS) is 9.00. The monoisotopic (exact) mass is 166 g/mol. The topological polar surface area (TPSA) is 35.5 Å². The van der Waals surface area contributed by atoms with Crippen molar-refractivity contribution < 1.29 is 13.8 Å². The highest BCUT2D eigenvalue weighted by molar-refractivity contribution is 6.12. The van der Waals surface area contributed by atoms with Crippen molar-refractivity contribution in [3.63, 3.8) is 0 Å². The number of hydrogen-bond acceptors (Lipinski definition) is 3. The smallest absolute Gasteiger partial charge is 0.433 e. The van der Waals surface area contributed by atoms with Gasteiger partial charge in [0.15, 0.2) is 0 Å². The minimum Gasteiger partial charge on any atom is -0.433 e. The van der Waals surface area contributed by atoms with Gasteiger partial charge < -0.3 is 9.03 Å². The highest BCUT2D eigenvalue weighted by atomic mass is 35.5. The molecule has 0 fully saturated rings. The van der Waals surface area contributed by atoms with Gasteiger partial charge in [0.05, 0.1) is 6.61 Å². The van der Waals surface area contributed by atoms with E-state index in [0.29, 0.717) is 6.61 Å². The van der Waals surface area contributed by atoms with Crippen LogP contribution in [0.4, 0.5) is 4.79 Å². The number of hydrogen-bond donors (Lipinski definition) is 0. The minimum absolute atomic E-state index is 0.388. The van der Waals surface area contributed by atoms with E-state index in [1.807, 2.05) is 0 Å². The van der Waals surface area contributed by atoms with Gasteiger partial charge in [0, 0.05) is 0 Å². The molecule has 10 heavy (non-hydrogen) atoms. The van der Waals surface area contributed by atoms with E-state index in [-0.39, 0.29) is 0 Å². The Hall–Kier alpha value is -0.440. The number of rotatable bonds is 4. The summed E-state index contributed by atoms with van der Waals surface area (Å²) in [7, 11) is 0. The van der Waals surface area contributed by atoms with Crippen LogP contribution < -0.4 is 0 Å². The van der Waals surface area contributed by atoms with Gasteiger partial charge in [-0.2, -0.15) is 0 Å². The molecule has 0 rings (SSSR count). The van der Waals surface area contributed by atoms with Crippen LogP contribution in [0, 0.1) is 0 Å². The molecule has 0 saturated heterocycles. The summed E-state index contributed by atoms with van der Waals surface area (Å²) in [4.78, 5) is 10.2. The van der Waals surface area contributed by atoms with Crippen molar-refractivity contribution >= 4 is 18.0 Å². The van der Waals surface area contributed by atoms with Gasteiger partial charge in [-0.05, 0) is 6.42 Å². The molecule has 0 aliphatic rings. The summed E-state index contributed by atoms with van der Waals surface area (Å²) in [5.41, 5.74) is 0. The third-order valence-corrected chi connectivity index (χ3v) is 1.16. The van der Waals surface area contributed by atoms with Crippen LogP contribution in [-0.2, 0) is 9.03 Å². The molecule has 0 aromatic rings. The maximum absolute atomic E-state index is 10.2. The molecule has 0 aliphatic heterocycles. The predicted octanol–water partition coefficient (Wildman–Crippen LogP) is 2.48. The lowest BCUT2D eigenvalue weighted by atomic mass is 10.3. The number of unbranched alkanes of at least 4 members (excludes halogenated alkanes) is 2. The molecule has 0 aliphatic carbocycles. The largest absolute Gasteiger partial charge is 0.526 e. The molecule has 0 N–H and O–H groups in total. The second-order valence-electron chi connectivity index (χ2n) is 1.88. The van der Waals surface area contributed by atoms with Crippen LogP contribution in [0.5, 0.6) is 0 Å². The summed E-state index contributed by atoms with van der Waals surface area (Å²) in [5.74, 6) is 0. The van der Waals surface area contributed by atoms with E-state index in [2.05, 4.69) is 15.9 Å². The Morgan fingerprint density at radius 3 is 2.70 bits per heavy atom. The molecule has 0 aromatic heterocycles. The van der Waals surface area contributed by atoms with E-state index < -0.39 is 6.16 Å². The van der Waals surface area contributed by atoms with Crippen LogP contribution in [0.1, 0.15) is 26.2 Å². The van der Waals surface area contributed by atoms with Crippen LogP contribution >= 0.6 is 11.9 Å². The summed E-state index contributed by atoms with van der Waals surface area (Å²) in [6, 6.07) is 0. The van der Waals surface area contributed by atoms with Gasteiger partial charge in [0.2, 0.25) is 0 Å². The molecule has 0 saturated carbocycles. The predicted molar refractivity (Wildman–Crippen MR) is 37.8 cm³/mol. The third kappa shape index (κ3) is 5.69. The van der Waals surface area contributed by atoms with Crippen molar-refractivity contribution in [3.05, 3.63) is 0 Å². The maximum atomic E-state index is 10.2. The third-order valence-electron chi connectivity index (χ3n) is 1.03. The summed E-state index contributed by atoms with van der Waals surface area (Å²) in [6.45, 7) is 2.46. The number of halogens is 1. The molecule has 0 aromatic carbocycles. The molecular weight excluding hydrogens is 156 g/mol. The van der Waals surface area contributed by atoms with Gasteiger partial charge in [-0.25, -0.2) is 4.79 Å². The van der Waals surface area contributed by atoms with Crippen LogP contribution in [0.2, 0.25) is 0 Å². The zero-order chi connectivity index (χ0) is 7.82. The quantitative estimate of drug-likeness (QED) is 0.476.